The smallest absolute Gasteiger partial charge is 0.271 e. The van der Waals surface area contributed by atoms with E-state index in [1.807, 2.05) is 0 Å². The summed E-state index contributed by atoms with van der Waals surface area (Å²) in [6.45, 7) is 7.28. The summed E-state index contributed by atoms with van der Waals surface area (Å²) >= 11 is 0. The number of hydrogen-bond donors (Lipinski definition) is 2. The van der Waals surface area contributed by atoms with Crippen LogP contribution in [0.25, 0.3) is 0 Å². The van der Waals surface area contributed by atoms with Crippen molar-refractivity contribution in [3.63, 3.8) is 0 Å². The van der Waals surface area contributed by atoms with Crippen LogP contribution in [0, 0.1) is 23.0 Å². The Kier molecular flexibility index (Phi) is 7.97. The Morgan fingerprint density at radius 2 is 2.00 bits per heavy atom. The van der Waals surface area contributed by atoms with Crippen molar-refractivity contribution < 1.29 is 23.0 Å². The Balaban J connectivity index is 1.94. The van der Waals surface area contributed by atoms with Gasteiger partial charge in [0.05, 0.1) is 36.5 Å². The summed E-state index contributed by atoms with van der Waals surface area (Å²) in [5.41, 5.74) is 0.457. The molecule has 162 valence electrons. The largest absolute Gasteiger partial charge is 0.354 e. The van der Waals surface area contributed by atoms with E-state index in [0.717, 1.165) is 42.5 Å². The van der Waals surface area contributed by atoms with Crippen molar-refractivity contribution in [2.24, 2.45) is 5.92 Å². The molecule has 0 spiro atoms. The van der Waals surface area contributed by atoms with Crippen molar-refractivity contribution in [3.05, 3.63) is 33.9 Å². The second kappa shape index (κ2) is 10.0. The number of likely N-dealkylation sites (tertiary alicyclic amines) is 1. The molecule has 9 nitrogen and oxygen atoms in total. The number of sulfonamides is 1. The van der Waals surface area contributed by atoms with E-state index in [0.29, 0.717) is 12.1 Å². The highest BCUT2D eigenvalue weighted by molar-refractivity contribution is 7.92. The highest BCUT2D eigenvalue weighted by Gasteiger charge is 2.24. The van der Waals surface area contributed by atoms with Crippen molar-refractivity contribution in [2.75, 3.05) is 43.3 Å². The minimum Gasteiger partial charge on any atom is -0.354 e. The van der Waals surface area contributed by atoms with Crippen LogP contribution in [-0.4, -0.2) is 58.2 Å². The number of anilines is 1. The van der Waals surface area contributed by atoms with E-state index < -0.39 is 27.4 Å². The Morgan fingerprint density at radius 3 is 2.59 bits per heavy atom. The zero-order chi connectivity index (χ0) is 21.6. The first-order valence-electron chi connectivity index (χ1n) is 9.91. The predicted molar refractivity (Wildman–Crippen MR) is 112 cm³/mol. The molecule has 2 N–H and O–H groups in total. The molecule has 2 rings (SSSR count). The van der Waals surface area contributed by atoms with Crippen LogP contribution >= 0.6 is 0 Å². The number of quaternary nitrogens is 1. The average molecular weight is 428 g/mol. The van der Waals surface area contributed by atoms with Crippen LogP contribution < -0.4 is 14.5 Å². The van der Waals surface area contributed by atoms with E-state index >= 15 is 0 Å². The van der Waals surface area contributed by atoms with Gasteiger partial charge >= 0.3 is 0 Å². The highest BCUT2D eigenvalue weighted by atomic mass is 32.2. The number of rotatable bonds is 9. The summed E-state index contributed by atoms with van der Waals surface area (Å²) in [4.78, 5) is 24.3. The zero-order valence-corrected chi connectivity index (χ0v) is 18.1. The van der Waals surface area contributed by atoms with Gasteiger partial charge in [-0.1, -0.05) is 13.0 Å². The number of nitro groups is 1. The van der Waals surface area contributed by atoms with Gasteiger partial charge in [0.1, 0.15) is 6.54 Å². The maximum atomic E-state index is 12.3. The fraction of sp³-hybridized carbons (Fsp3) is 0.632. The van der Waals surface area contributed by atoms with E-state index in [2.05, 4.69) is 12.2 Å². The molecule has 1 aliphatic heterocycles. The van der Waals surface area contributed by atoms with Gasteiger partial charge in [0.2, 0.25) is 15.9 Å². The van der Waals surface area contributed by atoms with E-state index in [4.69, 9.17) is 0 Å². The van der Waals surface area contributed by atoms with E-state index in [9.17, 15) is 23.3 Å². The number of nitrogens with zero attached hydrogens (tertiary/aromatic N) is 2. The van der Waals surface area contributed by atoms with Crippen molar-refractivity contribution >= 4 is 27.3 Å². The van der Waals surface area contributed by atoms with Gasteiger partial charge < -0.3 is 10.2 Å². The number of nitrogens with one attached hydrogen (secondary N) is 2. The monoisotopic (exact) mass is 427 g/mol. The maximum Gasteiger partial charge on any atom is 0.271 e. The number of benzene rings is 1. The Labute approximate surface area is 172 Å². The van der Waals surface area contributed by atoms with Crippen molar-refractivity contribution in [1.82, 2.24) is 5.32 Å². The molecule has 0 bridgehead atoms. The minimum atomic E-state index is -3.79. The Hall–Kier alpha value is -2.20. The van der Waals surface area contributed by atoms with Gasteiger partial charge in [-0.2, -0.15) is 0 Å². The third-order valence-electron chi connectivity index (χ3n) is 5.37. The van der Waals surface area contributed by atoms with Gasteiger partial charge in [0, 0.05) is 25.1 Å². The first kappa shape index (κ1) is 23.1. The number of aryl methyl sites for hydroxylation is 1. The molecule has 1 fully saturated rings. The van der Waals surface area contributed by atoms with E-state index in [1.165, 1.54) is 31.0 Å². The number of carbonyl (C=O) groups excluding carboxylic acids is 1. The molecule has 0 radical (unpaired) electrons. The lowest BCUT2D eigenvalue weighted by molar-refractivity contribution is -0.906. The molecule has 0 aromatic heterocycles. The summed E-state index contributed by atoms with van der Waals surface area (Å²) in [6, 6.07) is 3.97. The molecule has 1 heterocycles. The van der Waals surface area contributed by atoms with Crippen LogP contribution in [0.1, 0.15) is 31.7 Å². The summed E-state index contributed by atoms with van der Waals surface area (Å²) in [6.07, 6.45) is 4.27. The fourth-order valence-corrected chi connectivity index (χ4v) is 4.44. The SMILES string of the molecule is Cc1ccc([N+](=O)[O-])cc1N(CC(=O)NCCC[NH+]1CCC(C)CC1)S(C)(=O)=O. The molecule has 29 heavy (non-hydrogen) atoms. The fourth-order valence-electron chi connectivity index (χ4n) is 3.53. The highest BCUT2D eigenvalue weighted by Crippen LogP contribution is 2.27. The molecule has 1 aromatic carbocycles. The molecule has 0 aliphatic carbocycles. The van der Waals surface area contributed by atoms with Crippen LogP contribution in [0.4, 0.5) is 11.4 Å². The molecule has 0 atom stereocenters. The van der Waals surface area contributed by atoms with Gasteiger partial charge in [-0.15, -0.1) is 0 Å². The van der Waals surface area contributed by atoms with Crippen LogP contribution in [-0.2, 0) is 14.8 Å². The minimum absolute atomic E-state index is 0.142. The molecule has 0 unspecified atom stereocenters. The van der Waals surface area contributed by atoms with Crippen molar-refractivity contribution in [3.8, 4) is 0 Å². The van der Waals surface area contributed by atoms with Crippen LogP contribution in [0.2, 0.25) is 0 Å². The summed E-state index contributed by atoms with van der Waals surface area (Å²) in [5.74, 6) is 0.362. The summed E-state index contributed by atoms with van der Waals surface area (Å²) < 4.78 is 25.4. The second-order valence-electron chi connectivity index (χ2n) is 7.88. The standard InChI is InChI=1S/C19H30N4O5S/c1-15-7-11-21(12-8-15)10-4-9-20-19(24)14-22(29(3,27)28)18-13-17(23(25)26)6-5-16(18)2/h5-6,13,15H,4,7-12,14H2,1-3H3,(H,20,24)/p+1. The van der Waals surface area contributed by atoms with E-state index in [-0.39, 0.29) is 11.4 Å². The molecule has 1 saturated heterocycles. The van der Waals surface area contributed by atoms with E-state index in [1.54, 1.807) is 11.8 Å². The topological polar surface area (TPSA) is 114 Å². The third-order valence-corrected chi connectivity index (χ3v) is 6.50. The predicted octanol–water partition coefficient (Wildman–Crippen LogP) is 0.490. The van der Waals surface area contributed by atoms with Crippen LogP contribution in [0.15, 0.2) is 18.2 Å². The summed E-state index contributed by atoms with van der Waals surface area (Å²) in [7, 11) is -3.79. The quantitative estimate of drug-likeness (QED) is 0.338. The average Bonchev–Trinajstić information content (AvgIpc) is 2.64. The van der Waals surface area contributed by atoms with Gasteiger partial charge in [-0.25, -0.2) is 8.42 Å². The molecule has 1 aliphatic rings. The maximum absolute atomic E-state index is 12.3. The van der Waals surface area contributed by atoms with Crippen LogP contribution in [0.5, 0.6) is 0 Å². The molecule has 1 aromatic rings. The first-order chi connectivity index (χ1) is 13.6. The molecule has 1 amide bonds. The lowest BCUT2D eigenvalue weighted by Crippen LogP contribution is -3.13. The van der Waals surface area contributed by atoms with Crippen molar-refractivity contribution in [1.29, 1.82) is 0 Å². The van der Waals surface area contributed by atoms with Crippen LogP contribution in [0.3, 0.4) is 0 Å². The molecular weight excluding hydrogens is 396 g/mol. The van der Waals surface area contributed by atoms with Gasteiger partial charge in [0.15, 0.2) is 0 Å². The molecule has 10 heteroatoms. The Bertz CT molecular complexity index is 835. The lowest BCUT2D eigenvalue weighted by Gasteiger charge is -2.27. The number of carbonyl (C=O) groups is 1. The van der Waals surface area contributed by atoms with Gasteiger partial charge in [0.25, 0.3) is 5.69 Å². The normalized spacial score (nSPS) is 19.6. The molecule has 0 saturated carbocycles. The summed E-state index contributed by atoms with van der Waals surface area (Å²) in [5, 5.41) is 13.8. The third kappa shape index (κ3) is 6.97. The number of amides is 1. The van der Waals surface area contributed by atoms with Crippen molar-refractivity contribution in [2.45, 2.75) is 33.1 Å². The zero-order valence-electron chi connectivity index (χ0n) is 17.3. The number of non-ortho nitro benzene ring substituents is 1. The second-order valence-corrected chi connectivity index (χ2v) is 9.79. The number of hydrogen-bond acceptors (Lipinski definition) is 5. The number of piperidine rings is 1. The number of nitro benzene ring substituents is 1. The molecular formula is C19H31N4O5S+. The first-order valence-corrected chi connectivity index (χ1v) is 11.8. The van der Waals surface area contributed by atoms with Gasteiger partial charge in [-0.3, -0.25) is 19.2 Å². The lowest BCUT2D eigenvalue weighted by atomic mass is 9.99. The van der Waals surface area contributed by atoms with Gasteiger partial charge in [-0.05, 0) is 31.2 Å². The Morgan fingerprint density at radius 1 is 1.34 bits per heavy atom.